The third kappa shape index (κ3) is 4.56. The molecule has 0 spiro atoms. The fourth-order valence-electron chi connectivity index (χ4n) is 3.06. The number of rotatable bonds is 6. The Morgan fingerprint density at radius 3 is 2.85 bits per heavy atom. The van der Waals surface area contributed by atoms with E-state index in [0.29, 0.717) is 11.6 Å². The number of ether oxygens (including phenoxy) is 1. The maximum atomic E-state index is 12.7. The van der Waals surface area contributed by atoms with Crippen LogP contribution in [0.2, 0.25) is 5.15 Å². The summed E-state index contributed by atoms with van der Waals surface area (Å²) in [6.07, 6.45) is 0.834. The molecule has 7 nitrogen and oxygen atoms in total. The van der Waals surface area contributed by atoms with Gasteiger partial charge in [-0.2, -0.15) is 0 Å². The van der Waals surface area contributed by atoms with Crippen LogP contribution in [0, 0.1) is 0 Å². The Morgan fingerprint density at radius 1 is 1.41 bits per heavy atom. The number of hydrogen-bond donors (Lipinski definition) is 3. The number of halogens is 1. The van der Waals surface area contributed by atoms with Gasteiger partial charge in [0, 0.05) is 6.42 Å². The van der Waals surface area contributed by atoms with Crippen LogP contribution in [-0.4, -0.2) is 47.3 Å². The first-order valence-corrected chi connectivity index (χ1v) is 8.87. The van der Waals surface area contributed by atoms with Crippen LogP contribution in [0.5, 0.6) is 0 Å². The number of methoxy groups -OCH3 is 1. The average Bonchev–Trinajstić information content (AvgIpc) is 3.10. The van der Waals surface area contributed by atoms with Crippen molar-refractivity contribution in [1.29, 1.82) is 0 Å². The molecule has 1 aromatic carbocycles. The third-order valence-corrected chi connectivity index (χ3v) is 4.68. The Labute approximate surface area is 161 Å². The van der Waals surface area contributed by atoms with Gasteiger partial charge in [0.25, 0.3) is 0 Å². The Balaban J connectivity index is 1.71. The molecule has 142 valence electrons. The lowest BCUT2D eigenvalue weighted by Gasteiger charge is -2.24. The lowest BCUT2D eigenvalue weighted by molar-refractivity contribution is -0.152. The number of nitrogens with one attached hydrogen (secondary N) is 2. The van der Waals surface area contributed by atoms with Crippen molar-refractivity contribution in [2.75, 3.05) is 12.4 Å². The van der Waals surface area contributed by atoms with Crippen molar-refractivity contribution in [3.8, 4) is 0 Å². The normalized spacial score (nSPS) is 17.4. The minimum absolute atomic E-state index is 0.288. The molecule has 0 saturated heterocycles. The molecule has 1 aliphatic heterocycles. The predicted molar refractivity (Wildman–Crippen MR) is 100 cm³/mol. The number of carbonyl (C=O) groups excluding carboxylic acids is 2. The monoisotopic (exact) mass is 389 g/mol. The van der Waals surface area contributed by atoms with E-state index < -0.39 is 24.2 Å². The zero-order valence-electron chi connectivity index (χ0n) is 14.7. The van der Waals surface area contributed by atoms with Crippen molar-refractivity contribution in [2.24, 2.45) is 0 Å². The van der Waals surface area contributed by atoms with Gasteiger partial charge in [0.2, 0.25) is 5.91 Å². The van der Waals surface area contributed by atoms with Gasteiger partial charge in [0.05, 0.1) is 25.0 Å². The Bertz CT molecular complexity index is 831. The summed E-state index contributed by atoms with van der Waals surface area (Å²) in [5.41, 5.74) is 2.51. The number of aliphatic hydroxyl groups is 1. The van der Waals surface area contributed by atoms with E-state index in [-0.39, 0.29) is 12.3 Å². The van der Waals surface area contributed by atoms with Gasteiger partial charge in [-0.05, 0) is 23.6 Å². The van der Waals surface area contributed by atoms with Crippen molar-refractivity contribution >= 4 is 29.2 Å². The first-order valence-electron chi connectivity index (χ1n) is 8.49. The average molecular weight is 390 g/mol. The van der Waals surface area contributed by atoms with Gasteiger partial charge in [-0.25, -0.2) is 9.78 Å². The Hall–Kier alpha value is -2.64. The molecule has 0 bridgehead atoms. The summed E-state index contributed by atoms with van der Waals surface area (Å²) < 4.78 is 4.62. The second-order valence-electron chi connectivity index (χ2n) is 6.34. The number of hydrogen-bond acceptors (Lipinski definition) is 6. The van der Waals surface area contributed by atoms with Crippen molar-refractivity contribution < 1.29 is 19.4 Å². The molecule has 0 saturated carbocycles. The van der Waals surface area contributed by atoms with Crippen LogP contribution in [0.25, 0.3) is 0 Å². The van der Waals surface area contributed by atoms with Gasteiger partial charge in [0.15, 0.2) is 6.10 Å². The van der Waals surface area contributed by atoms with E-state index in [1.165, 1.54) is 7.11 Å². The molecule has 8 heteroatoms. The summed E-state index contributed by atoms with van der Waals surface area (Å²) in [6.45, 7) is 0. The van der Waals surface area contributed by atoms with Gasteiger partial charge in [-0.1, -0.05) is 41.9 Å². The molecule has 0 aliphatic carbocycles. The van der Waals surface area contributed by atoms with Crippen molar-refractivity contribution in [1.82, 2.24) is 10.3 Å². The van der Waals surface area contributed by atoms with Crippen LogP contribution in [0.1, 0.15) is 11.1 Å². The second kappa shape index (κ2) is 8.37. The maximum absolute atomic E-state index is 12.7. The van der Waals surface area contributed by atoms with E-state index >= 15 is 0 Å². The summed E-state index contributed by atoms with van der Waals surface area (Å²) in [4.78, 5) is 28.5. The number of carbonyl (C=O) groups is 2. The molecular formula is C19H20ClN3O4. The predicted octanol–water partition coefficient (Wildman–Crippen LogP) is 1.33. The van der Waals surface area contributed by atoms with E-state index in [0.717, 1.165) is 16.8 Å². The number of fused-ring (bicyclic) bond motifs is 1. The maximum Gasteiger partial charge on any atom is 0.336 e. The molecule has 2 aromatic rings. The van der Waals surface area contributed by atoms with E-state index in [4.69, 9.17) is 11.6 Å². The molecule has 3 N–H and O–H groups in total. The van der Waals surface area contributed by atoms with Gasteiger partial charge < -0.3 is 20.5 Å². The smallest absolute Gasteiger partial charge is 0.336 e. The van der Waals surface area contributed by atoms with Crippen molar-refractivity contribution in [3.63, 3.8) is 0 Å². The number of nitrogens with zero attached hydrogens (tertiary/aromatic N) is 1. The van der Waals surface area contributed by atoms with Gasteiger partial charge in [-0.15, -0.1) is 0 Å². The number of anilines is 1. The summed E-state index contributed by atoms with van der Waals surface area (Å²) in [5.74, 6) is -1.12. The van der Waals surface area contributed by atoms with Crippen LogP contribution < -0.4 is 10.6 Å². The van der Waals surface area contributed by atoms with Gasteiger partial charge in [-0.3, -0.25) is 4.79 Å². The van der Waals surface area contributed by atoms with Crippen LogP contribution in [0.3, 0.4) is 0 Å². The first-order chi connectivity index (χ1) is 13.0. The van der Waals surface area contributed by atoms with Crippen LogP contribution in [-0.2, 0) is 27.2 Å². The Kier molecular flexibility index (Phi) is 5.93. The SMILES string of the molecule is COC(=O)[C@@H](O)C(Cc1ccccc1)NC(=O)C1Cc2cc(Cl)ncc2N1. The lowest BCUT2D eigenvalue weighted by Crippen LogP contribution is -2.52. The number of amides is 1. The van der Waals surface area contributed by atoms with Crippen molar-refractivity contribution in [3.05, 3.63) is 58.9 Å². The standard InChI is InChI=1S/C19H20ClN3O4/c1-27-19(26)17(24)13(7-11-5-3-2-4-6-11)23-18(25)14-8-12-9-16(20)21-10-15(12)22-14/h2-6,9-10,13-14,17,22,24H,7-8H2,1H3,(H,23,25)/t13?,14?,17-/m0/s1. The molecule has 27 heavy (non-hydrogen) atoms. The molecule has 0 radical (unpaired) electrons. The number of aliphatic hydroxyl groups excluding tert-OH is 1. The summed E-state index contributed by atoms with van der Waals surface area (Å²) in [6, 6.07) is 9.65. The lowest BCUT2D eigenvalue weighted by atomic mass is 10.0. The highest BCUT2D eigenvalue weighted by Crippen LogP contribution is 2.27. The fraction of sp³-hybridized carbons (Fsp3) is 0.316. The van der Waals surface area contributed by atoms with Crippen LogP contribution in [0.15, 0.2) is 42.6 Å². The Morgan fingerprint density at radius 2 is 2.15 bits per heavy atom. The summed E-state index contributed by atoms with van der Waals surface area (Å²) in [7, 11) is 1.19. The molecule has 2 heterocycles. The van der Waals surface area contributed by atoms with E-state index in [9.17, 15) is 14.7 Å². The zero-order chi connectivity index (χ0) is 19.4. The van der Waals surface area contributed by atoms with Gasteiger partial charge in [0.1, 0.15) is 11.2 Å². The second-order valence-corrected chi connectivity index (χ2v) is 6.73. The minimum atomic E-state index is -1.47. The molecule has 2 unspecified atom stereocenters. The van der Waals surface area contributed by atoms with Gasteiger partial charge >= 0.3 is 5.97 Å². The zero-order valence-corrected chi connectivity index (χ0v) is 15.4. The van der Waals surface area contributed by atoms with E-state index in [1.54, 1.807) is 12.3 Å². The fourth-order valence-corrected chi connectivity index (χ4v) is 3.24. The summed E-state index contributed by atoms with van der Waals surface area (Å²) in [5, 5.41) is 16.5. The number of benzene rings is 1. The largest absolute Gasteiger partial charge is 0.467 e. The first kappa shape index (κ1) is 19.1. The molecule has 1 aromatic heterocycles. The molecule has 0 fully saturated rings. The number of pyridine rings is 1. The van der Waals surface area contributed by atoms with E-state index in [2.05, 4.69) is 20.4 Å². The van der Waals surface area contributed by atoms with Crippen molar-refractivity contribution in [2.45, 2.75) is 31.0 Å². The highest BCUT2D eigenvalue weighted by atomic mass is 35.5. The number of aromatic nitrogens is 1. The van der Waals surface area contributed by atoms with Crippen LogP contribution in [0.4, 0.5) is 5.69 Å². The molecule has 3 atom stereocenters. The minimum Gasteiger partial charge on any atom is -0.467 e. The highest BCUT2D eigenvalue weighted by molar-refractivity contribution is 6.29. The molecule has 1 aliphatic rings. The van der Waals surface area contributed by atoms with E-state index in [1.807, 2.05) is 30.3 Å². The topological polar surface area (TPSA) is 101 Å². The third-order valence-electron chi connectivity index (χ3n) is 4.48. The number of esters is 1. The van der Waals surface area contributed by atoms with Crippen LogP contribution >= 0.6 is 11.6 Å². The quantitative estimate of drug-likeness (QED) is 0.509. The summed E-state index contributed by atoms with van der Waals surface area (Å²) >= 11 is 5.89. The highest BCUT2D eigenvalue weighted by Gasteiger charge is 2.33. The molecule has 3 rings (SSSR count). The molecular weight excluding hydrogens is 370 g/mol. The molecule has 1 amide bonds.